The van der Waals surface area contributed by atoms with Gasteiger partial charge in [0, 0.05) is 19.7 Å². The molecule has 5 fully saturated rings. The number of carbonyl (C=O) groups is 1. The van der Waals surface area contributed by atoms with Gasteiger partial charge in [-0.1, -0.05) is 6.92 Å². The third-order valence-electron chi connectivity index (χ3n) is 6.92. The fraction of sp³-hybridized carbons (Fsp3) is 0.944. The van der Waals surface area contributed by atoms with Gasteiger partial charge in [0.05, 0.1) is 5.41 Å². The molecule has 3 unspecified atom stereocenters. The summed E-state index contributed by atoms with van der Waals surface area (Å²) in [5, 5.41) is 9.11. The summed E-state index contributed by atoms with van der Waals surface area (Å²) in [6.07, 6.45) is 9.55. The smallest absolute Gasteiger partial charge is 0.228 e. The van der Waals surface area contributed by atoms with Gasteiger partial charge < -0.3 is 10.0 Å². The van der Waals surface area contributed by atoms with Gasteiger partial charge in [-0.2, -0.15) is 0 Å². The molecule has 5 rings (SSSR count). The second-order valence-electron chi connectivity index (χ2n) is 8.97. The average molecular weight is 291 g/mol. The summed E-state index contributed by atoms with van der Waals surface area (Å²) in [7, 11) is 0. The Kier molecular flexibility index (Phi) is 3.15. The van der Waals surface area contributed by atoms with Gasteiger partial charge in [-0.25, -0.2) is 0 Å². The second kappa shape index (κ2) is 4.71. The average Bonchev–Trinajstić information content (AvgIpc) is 2.84. The van der Waals surface area contributed by atoms with Crippen molar-refractivity contribution in [2.75, 3.05) is 19.7 Å². The predicted molar refractivity (Wildman–Crippen MR) is 81.6 cm³/mol. The summed E-state index contributed by atoms with van der Waals surface area (Å²) in [4.78, 5) is 15.4. The van der Waals surface area contributed by atoms with Crippen LogP contribution in [0.2, 0.25) is 0 Å². The molecule has 3 atom stereocenters. The van der Waals surface area contributed by atoms with Crippen LogP contribution in [0.15, 0.2) is 0 Å². The maximum Gasteiger partial charge on any atom is 0.228 e. The van der Waals surface area contributed by atoms with Crippen LogP contribution in [0.1, 0.15) is 58.3 Å². The first-order valence-electron chi connectivity index (χ1n) is 8.92. The normalized spacial score (nSPS) is 48.1. The van der Waals surface area contributed by atoms with E-state index in [1.54, 1.807) is 0 Å². The molecule has 1 aliphatic heterocycles. The van der Waals surface area contributed by atoms with Crippen LogP contribution in [-0.2, 0) is 4.79 Å². The third-order valence-corrected chi connectivity index (χ3v) is 6.92. The molecule has 3 heteroatoms. The standard InChI is InChI=1S/C18H29NO2/c1-17-7-14-6-15(8-17)10-18(9-14,12-17)16(21)19-4-2-13(11-19)3-5-20/h13-15,20H,2-12H2,1H3. The van der Waals surface area contributed by atoms with Crippen molar-refractivity contribution >= 4 is 5.91 Å². The first-order valence-corrected chi connectivity index (χ1v) is 8.92. The Morgan fingerprint density at radius 3 is 2.57 bits per heavy atom. The monoisotopic (exact) mass is 291 g/mol. The number of aliphatic hydroxyl groups excluding tert-OH is 1. The van der Waals surface area contributed by atoms with Crippen molar-refractivity contribution in [1.82, 2.24) is 4.90 Å². The largest absolute Gasteiger partial charge is 0.396 e. The maximum absolute atomic E-state index is 13.3. The summed E-state index contributed by atoms with van der Waals surface area (Å²) >= 11 is 0. The number of carbonyl (C=O) groups excluding carboxylic acids is 1. The molecule has 1 N–H and O–H groups in total. The number of amides is 1. The summed E-state index contributed by atoms with van der Waals surface area (Å²) in [6, 6.07) is 0. The Hall–Kier alpha value is -0.570. The lowest BCUT2D eigenvalue weighted by Gasteiger charge is -2.61. The molecule has 4 bridgehead atoms. The van der Waals surface area contributed by atoms with Gasteiger partial charge in [-0.15, -0.1) is 0 Å². The first-order chi connectivity index (χ1) is 10.0. The van der Waals surface area contributed by atoms with Gasteiger partial charge in [0.2, 0.25) is 5.91 Å². The topological polar surface area (TPSA) is 40.5 Å². The van der Waals surface area contributed by atoms with Crippen LogP contribution in [0.5, 0.6) is 0 Å². The molecule has 4 saturated carbocycles. The van der Waals surface area contributed by atoms with E-state index >= 15 is 0 Å². The van der Waals surface area contributed by atoms with Crippen LogP contribution < -0.4 is 0 Å². The first kappa shape index (κ1) is 14.0. The molecule has 1 saturated heterocycles. The van der Waals surface area contributed by atoms with Crippen molar-refractivity contribution in [2.24, 2.45) is 28.6 Å². The van der Waals surface area contributed by atoms with Gasteiger partial charge >= 0.3 is 0 Å². The minimum Gasteiger partial charge on any atom is -0.396 e. The Balaban J connectivity index is 1.52. The van der Waals surface area contributed by atoms with Crippen molar-refractivity contribution in [3.63, 3.8) is 0 Å². The minimum atomic E-state index is -0.00701. The van der Waals surface area contributed by atoms with Gasteiger partial charge in [0.25, 0.3) is 0 Å². The van der Waals surface area contributed by atoms with Crippen LogP contribution in [0.25, 0.3) is 0 Å². The highest BCUT2D eigenvalue weighted by molar-refractivity contribution is 5.83. The highest BCUT2D eigenvalue weighted by Crippen LogP contribution is 2.65. The summed E-state index contributed by atoms with van der Waals surface area (Å²) in [5.74, 6) is 2.64. The molecule has 0 aromatic heterocycles. The Morgan fingerprint density at radius 2 is 1.95 bits per heavy atom. The third kappa shape index (κ3) is 2.23. The van der Waals surface area contributed by atoms with E-state index in [0.29, 0.717) is 17.2 Å². The van der Waals surface area contributed by atoms with Crippen molar-refractivity contribution in [3.05, 3.63) is 0 Å². The molecule has 21 heavy (non-hydrogen) atoms. The highest BCUT2D eigenvalue weighted by atomic mass is 16.3. The Labute approximate surface area is 128 Å². The molecule has 0 spiro atoms. The zero-order chi connectivity index (χ0) is 14.7. The Bertz CT molecular complexity index is 432. The number of aliphatic hydroxyl groups is 1. The van der Waals surface area contributed by atoms with Crippen molar-refractivity contribution in [3.8, 4) is 0 Å². The number of hydrogen-bond acceptors (Lipinski definition) is 2. The van der Waals surface area contributed by atoms with Crippen LogP contribution in [0.4, 0.5) is 0 Å². The zero-order valence-corrected chi connectivity index (χ0v) is 13.3. The summed E-state index contributed by atoms with van der Waals surface area (Å²) in [6.45, 7) is 4.52. The molecule has 0 radical (unpaired) electrons. The quantitative estimate of drug-likeness (QED) is 0.868. The Morgan fingerprint density at radius 1 is 1.24 bits per heavy atom. The minimum absolute atomic E-state index is 0.00701. The van der Waals surface area contributed by atoms with Crippen LogP contribution in [0.3, 0.4) is 0 Å². The van der Waals surface area contributed by atoms with Crippen molar-refractivity contribution in [2.45, 2.75) is 58.3 Å². The van der Waals surface area contributed by atoms with Gasteiger partial charge in [-0.05, 0) is 74.5 Å². The van der Waals surface area contributed by atoms with E-state index in [-0.39, 0.29) is 12.0 Å². The van der Waals surface area contributed by atoms with Crippen LogP contribution in [-0.4, -0.2) is 35.6 Å². The summed E-state index contributed by atoms with van der Waals surface area (Å²) in [5.41, 5.74) is 0.441. The van der Waals surface area contributed by atoms with E-state index in [1.165, 1.54) is 32.1 Å². The molecule has 3 nitrogen and oxygen atoms in total. The summed E-state index contributed by atoms with van der Waals surface area (Å²) < 4.78 is 0. The van der Waals surface area contributed by atoms with E-state index in [2.05, 4.69) is 11.8 Å². The molecule has 118 valence electrons. The van der Waals surface area contributed by atoms with Gasteiger partial charge in [0.15, 0.2) is 0 Å². The molecule has 0 aromatic carbocycles. The van der Waals surface area contributed by atoms with Crippen molar-refractivity contribution < 1.29 is 9.90 Å². The number of likely N-dealkylation sites (tertiary alicyclic amines) is 1. The van der Waals surface area contributed by atoms with Gasteiger partial charge in [-0.3, -0.25) is 4.79 Å². The molecule has 4 aliphatic carbocycles. The van der Waals surface area contributed by atoms with E-state index in [0.717, 1.165) is 44.2 Å². The zero-order valence-electron chi connectivity index (χ0n) is 13.3. The number of rotatable bonds is 3. The molecular formula is C18H29NO2. The predicted octanol–water partition coefficient (Wildman–Crippen LogP) is 2.82. The fourth-order valence-electron chi connectivity index (χ4n) is 6.74. The number of hydrogen-bond donors (Lipinski definition) is 1. The molecule has 1 heterocycles. The SMILES string of the molecule is CC12CC3CC(C1)CC(C(=O)N1CCC(CCO)C1)(C3)C2. The fourth-order valence-corrected chi connectivity index (χ4v) is 6.74. The maximum atomic E-state index is 13.3. The van der Waals surface area contributed by atoms with E-state index in [1.807, 2.05) is 0 Å². The lowest BCUT2D eigenvalue weighted by atomic mass is 9.44. The van der Waals surface area contributed by atoms with E-state index in [9.17, 15) is 4.79 Å². The van der Waals surface area contributed by atoms with Crippen molar-refractivity contribution in [1.29, 1.82) is 0 Å². The number of nitrogens with zero attached hydrogens (tertiary/aromatic N) is 1. The molecule has 5 aliphatic rings. The lowest BCUT2D eigenvalue weighted by Crippen LogP contribution is -2.57. The van der Waals surface area contributed by atoms with Gasteiger partial charge in [0.1, 0.15) is 0 Å². The molecule has 1 amide bonds. The highest BCUT2D eigenvalue weighted by Gasteiger charge is 2.59. The van der Waals surface area contributed by atoms with Crippen LogP contribution in [0, 0.1) is 28.6 Å². The molecular weight excluding hydrogens is 262 g/mol. The van der Waals surface area contributed by atoms with Crippen LogP contribution >= 0.6 is 0 Å². The lowest BCUT2D eigenvalue weighted by molar-refractivity contribution is -0.165. The van der Waals surface area contributed by atoms with E-state index in [4.69, 9.17) is 5.11 Å². The molecule has 0 aromatic rings. The van der Waals surface area contributed by atoms with E-state index < -0.39 is 0 Å². The second-order valence-corrected chi connectivity index (χ2v) is 8.97.